The Labute approximate surface area is 189 Å². The van der Waals surface area contributed by atoms with Crippen LogP contribution in [-0.2, 0) is 6.42 Å². The van der Waals surface area contributed by atoms with Gasteiger partial charge < -0.3 is 11.1 Å². The van der Waals surface area contributed by atoms with E-state index in [4.69, 9.17) is 5.73 Å². The van der Waals surface area contributed by atoms with E-state index in [1.54, 1.807) is 30.3 Å². The third-order valence-corrected chi connectivity index (χ3v) is 5.18. The first-order valence-electron chi connectivity index (χ1n) is 10.2. The van der Waals surface area contributed by atoms with E-state index in [0.29, 0.717) is 16.7 Å². The van der Waals surface area contributed by atoms with Crippen LogP contribution in [0.3, 0.4) is 0 Å². The van der Waals surface area contributed by atoms with Crippen LogP contribution in [0.25, 0.3) is 11.1 Å². The molecule has 0 atom stereocenters. The lowest BCUT2D eigenvalue weighted by atomic mass is 9.93. The number of aryl methyl sites for hydroxylation is 2. The molecule has 4 aromatic rings. The maximum Gasteiger partial charge on any atom is 0.275 e. The minimum absolute atomic E-state index is 0.0254. The molecule has 1 amide bonds. The Morgan fingerprint density at radius 1 is 1.03 bits per heavy atom. The van der Waals surface area contributed by atoms with Crippen molar-refractivity contribution in [3.8, 4) is 11.1 Å². The summed E-state index contributed by atoms with van der Waals surface area (Å²) in [5, 5.41) is 2.81. The predicted octanol–water partition coefficient (Wildman–Crippen LogP) is 4.86. The summed E-state index contributed by atoms with van der Waals surface area (Å²) in [5.74, 6) is -1.67. The highest BCUT2D eigenvalue weighted by molar-refractivity contribution is 6.06. The summed E-state index contributed by atoms with van der Waals surface area (Å²) < 4.78 is 29.4. The smallest absolute Gasteiger partial charge is 0.275 e. The minimum Gasteiger partial charge on any atom is -0.396 e. The molecule has 0 aliphatic heterocycles. The molecule has 33 heavy (non-hydrogen) atoms. The van der Waals surface area contributed by atoms with Crippen molar-refractivity contribution >= 4 is 17.3 Å². The number of halogens is 2. The Kier molecular flexibility index (Phi) is 6.08. The second-order valence-electron chi connectivity index (χ2n) is 7.62. The van der Waals surface area contributed by atoms with Crippen LogP contribution >= 0.6 is 0 Å². The van der Waals surface area contributed by atoms with Crippen LogP contribution in [0.1, 0.15) is 33.0 Å². The van der Waals surface area contributed by atoms with Crippen LogP contribution in [-0.4, -0.2) is 20.9 Å². The van der Waals surface area contributed by atoms with E-state index in [-0.39, 0.29) is 29.1 Å². The molecule has 0 fully saturated rings. The number of amides is 1. The van der Waals surface area contributed by atoms with Crippen molar-refractivity contribution in [3.63, 3.8) is 0 Å². The molecule has 166 valence electrons. The van der Waals surface area contributed by atoms with Crippen molar-refractivity contribution in [3.05, 3.63) is 101 Å². The third kappa shape index (κ3) is 4.69. The number of carbonyl (C=O) groups is 1. The van der Waals surface area contributed by atoms with Gasteiger partial charge in [0, 0.05) is 41.3 Å². The molecule has 2 heterocycles. The molecule has 0 aliphatic rings. The lowest BCUT2D eigenvalue weighted by Gasteiger charge is -2.20. The molecular formula is C25H21F2N5O. The first-order valence-corrected chi connectivity index (χ1v) is 10.2. The SMILES string of the molecule is Cc1cc(-c2cc(F)c(N)c(Cc3ccccc3F)c2NC(=O)c2cnccn2)cc(C)n1. The molecule has 0 aliphatic carbocycles. The van der Waals surface area contributed by atoms with E-state index in [2.05, 4.69) is 20.3 Å². The lowest BCUT2D eigenvalue weighted by molar-refractivity contribution is 0.102. The number of aromatic nitrogens is 3. The number of pyridine rings is 1. The number of nitrogens with two attached hydrogens (primary N) is 1. The van der Waals surface area contributed by atoms with E-state index < -0.39 is 17.5 Å². The number of benzene rings is 2. The zero-order chi connectivity index (χ0) is 23.5. The number of anilines is 2. The monoisotopic (exact) mass is 445 g/mol. The molecule has 6 nitrogen and oxygen atoms in total. The second-order valence-corrected chi connectivity index (χ2v) is 7.62. The van der Waals surface area contributed by atoms with Crippen molar-refractivity contribution in [2.45, 2.75) is 20.3 Å². The summed E-state index contributed by atoms with van der Waals surface area (Å²) in [6, 6.07) is 11.0. The van der Waals surface area contributed by atoms with Crippen molar-refractivity contribution in [2.75, 3.05) is 11.1 Å². The average Bonchev–Trinajstić information content (AvgIpc) is 2.79. The second kappa shape index (κ2) is 9.12. The number of rotatable bonds is 5. The molecule has 0 spiro atoms. The highest BCUT2D eigenvalue weighted by Crippen LogP contribution is 2.38. The minimum atomic E-state index is -0.666. The fourth-order valence-corrected chi connectivity index (χ4v) is 3.69. The molecule has 8 heteroatoms. The number of hydrogen-bond acceptors (Lipinski definition) is 5. The quantitative estimate of drug-likeness (QED) is 0.428. The van der Waals surface area contributed by atoms with Gasteiger partial charge in [-0.2, -0.15) is 0 Å². The first kappa shape index (κ1) is 22.0. The maximum absolute atomic E-state index is 15.0. The van der Waals surface area contributed by atoms with Crippen molar-refractivity contribution in [1.82, 2.24) is 15.0 Å². The van der Waals surface area contributed by atoms with Crippen LogP contribution in [0, 0.1) is 25.5 Å². The lowest BCUT2D eigenvalue weighted by Crippen LogP contribution is -2.17. The van der Waals surface area contributed by atoms with Gasteiger partial charge in [-0.15, -0.1) is 0 Å². The molecule has 0 unspecified atom stereocenters. The van der Waals surface area contributed by atoms with E-state index in [1.807, 2.05) is 13.8 Å². The third-order valence-electron chi connectivity index (χ3n) is 5.18. The van der Waals surface area contributed by atoms with Crippen LogP contribution < -0.4 is 11.1 Å². The first-order chi connectivity index (χ1) is 15.8. The summed E-state index contributed by atoms with van der Waals surface area (Å²) in [6.07, 6.45) is 4.14. The van der Waals surface area contributed by atoms with Crippen LogP contribution in [0.4, 0.5) is 20.2 Å². The van der Waals surface area contributed by atoms with Gasteiger partial charge in [-0.25, -0.2) is 13.8 Å². The highest BCUT2D eigenvalue weighted by Gasteiger charge is 2.22. The Morgan fingerprint density at radius 2 is 1.76 bits per heavy atom. The van der Waals surface area contributed by atoms with Crippen LogP contribution in [0.2, 0.25) is 0 Å². The standard InChI is InChI=1S/C25H21F2N5O/c1-14-9-17(10-15(2)31-14)18-12-21(27)23(28)19(11-16-5-3-4-6-20(16)26)24(18)32-25(33)22-13-29-7-8-30-22/h3-10,12-13H,11,28H2,1-2H3,(H,32,33). The predicted molar refractivity (Wildman–Crippen MR) is 123 cm³/mol. The molecule has 2 aromatic heterocycles. The van der Waals surface area contributed by atoms with Gasteiger partial charge in [0.25, 0.3) is 5.91 Å². The molecule has 0 bridgehead atoms. The zero-order valence-electron chi connectivity index (χ0n) is 18.1. The van der Waals surface area contributed by atoms with Gasteiger partial charge in [-0.3, -0.25) is 14.8 Å². The number of carbonyl (C=O) groups excluding carboxylic acids is 1. The average molecular weight is 445 g/mol. The van der Waals surface area contributed by atoms with E-state index in [1.165, 1.54) is 30.7 Å². The summed E-state index contributed by atoms with van der Waals surface area (Å²) in [6.45, 7) is 3.64. The Morgan fingerprint density at radius 3 is 2.42 bits per heavy atom. The van der Waals surface area contributed by atoms with Gasteiger partial charge in [0.2, 0.25) is 0 Å². The van der Waals surface area contributed by atoms with Gasteiger partial charge in [0.1, 0.15) is 17.3 Å². The van der Waals surface area contributed by atoms with Gasteiger partial charge in [-0.1, -0.05) is 18.2 Å². The molecule has 0 saturated carbocycles. The van der Waals surface area contributed by atoms with Gasteiger partial charge in [0.15, 0.2) is 0 Å². The Bertz CT molecular complexity index is 1320. The highest BCUT2D eigenvalue weighted by atomic mass is 19.1. The summed E-state index contributed by atoms with van der Waals surface area (Å²) in [7, 11) is 0. The van der Waals surface area contributed by atoms with E-state index in [9.17, 15) is 9.18 Å². The van der Waals surface area contributed by atoms with E-state index in [0.717, 1.165) is 11.4 Å². The zero-order valence-corrected chi connectivity index (χ0v) is 18.1. The fourth-order valence-electron chi connectivity index (χ4n) is 3.69. The maximum atomic E-state index is 15.0. The van der Waals surface area contributed by atoms with Gasteiger partial charge in [0.05, 0.1) is 17.6 Å². The van der Waals surface area contributed by atoms with Crippen molar-refractivity contribution < 1.29 is 13.6 Å². The van der Waals surface area contributed by atoms with Crippen LogP contribution in [0.5, 0.6) is 0 Å². The topological polar surface area (TPSA) is 93.8 Å². The van der Waals surface area contributed by atoms with Crippen LogP contribution in [0.15, 0.2) is 61.1 Å². The molecular weight excluding hydrogens is 424 g/mol. The molecule has 2 aromatic carbocycles. The Balaban J connectivity index is 1.93. The number of nitrogen functional groups attached to an aromatic ring is 1. The van der Waals surface area contributed by atoms with Crippen molar-refractivity contribution in [2.24, 2.45) is 0 Å². The normalized spacial score (nSPS) is 10.8. The Hall–Kier alpha value is -4.20. The van der Waals surface area contributed by atoms with Gasteiger partial charge >= 0.3 is 0 Å². The molecule has 0 radical (unpaired) electrons. The number of hydrogen-bond donors (Lipinski definition) is 2. The van der Waals surface area contributed by atoms with Gasteiger partial charge in [-0.05, 0) is 49.2 Å². The molecule has 3 N–H and O–H groups in total. The summed E-state index contributed by atoms with van der Waals surface area (Å²) in [4.78, 5) is 25.3. The van der Waals surface area contributed by atoms with E-state index >= 15 is 4.39 Å². The fraction of sp³-hybridized carbons (Fsp3) is 0.120. The summed E-state index contributed by atoms with van der Waals surface area (Å²) >= 11 is 0. The molecule has 4 rings (SSSR count). The molecule has 0 saturated heterocycles. The number of nitrogens with one attached hydrogen (secondary N) is 1. The largest absolute Gasteiger partial charge is 0.396 e. The summed E-state index contributed by atoms with van der Waals surface area (Å²) in [5.41, 5.74) is 9.37. The number of nitrogens with zero attached hydrogens (tertiary/aromatic N) is 3. The van der Waals surface area contributed by atoms with Crippen molar-refractivity contribution in [1.29, 1.82) is 0 Å².